The van der Waals surface area contributed by atoms with Crippen LogP contribution >= 0.6 is 0 Å². The summed E-state index contributed by atoms with van der Waals surface area (Å²) in [5, 5.41) is -1.29. The summed E-state index contributed by atoms with van der Waals surface area (Å²) in [5.41, 5.74) is 0. The molecule has 70 valence electrons. The second-order valence-electron chi connectivity index (χ2n) is 2.22. The summed E-state index contributed by atoms with van der Waals surface area (Å²) >= 11 is 0. The summed E-state index contributed by atoms with van der Waals surface area (Å²) in [7, 11) is -4.22. The molecule has 0 spiro atoms. The highest BCUT2D eigenvalue weighted by Crippen LogP contribution is 2.09. The first kappa shape index (κ1) is 11.1. The highest BCUT2D eigenvalue weighted by Gasteiger charge is 2.22. The topological polar surface area (TPSA) is 80.7 Å². The van der Waals surface area contributed by atoms with Gasteiger partial charge in [-0.05, 0) is 6.92 Å². The average molecular weight is 194 g/mol. The lowest BCUT2D eigenvalue weighted by atomic mass is 10.4. The predicted molar refractivity (Wildman–Crippen MR) is 41.9 cm³/mol. The number of ether oxygens (including phenoxy) is 1. The molecule has 6 heteroatoms. The first-order valence-electron chi connectivity index (χ1n) is 3.08. The summed E-state index contributed by atoms with van der Waals surface area (Å²) in [5.74, 6) is -0.958. The van der Waals surface area contributed by atoms with Crippen LogP contribution in [0.3, 0.4) is 0 Å². The highest BCUT2D eigenvalue weighted by molar-refractivity contribution is 7.86. The van der Waals surface area contributed by atoms with Crippen LogP contribution in [0.1, 0.15) is 13.8 Å². The summed E-state index contributed by atoms with van der Waals surface area (Å²) < 4.78 is 33.8. The molecular formula is C6H10O5S. The Morgan fingerprint density at radius 2 is 2.00 bits per heavy atom. The van der Waals surface area contributed by atoms with Gasteiger partial charge in [-0.25, -0.2) is 0 Å². The van der Waals surface area contributed by atoms with Crippen molar-refractivity contribution in [2.45, 2.75) is 19.1 Å². The lowest BCUT2D eigenvalue weighted by Crippen LogP contribution is -2.21. The van der Waals surface area contributed by atoms with Gasteiger partial charge in [-0.1, -0.05) is 6.58 Å². The molecule has 12 heavy (non-hydrogen) atoms. The lowest BCUT2D eigenvalue weighted by Gasteiger charge is -2.09. The van der Waals surface area contributed by atoms with E-state index in [0.29, 0.717) is 0 Å². The molecule has 0 heterocycles. The number of esters is 1. The van der Waals surface area contributed by atoms with E-state index in [9.17, 15) is 13.2 Å². The van der Waals surface area contributed by atoms with Crippen molar-refractivity contribution >= 4 is 16.1 Å². The van der Waals surface area contributed by atoms with Crippen molar-refractivity contribution < 1.29 is 22.5 Å². The van der Waals surface area contributed by atoms with Crippen LogP contribution < -0.4 is 0 Å². The summed E-state index contributed by atoms with van der Waals surface area (Å²) in [6, 6.07) is 0. The largest absolute Gasteiger partial charge is 0.430 e. The van der Waals surface area contributed by atoms with Gasteiger partial charge in [-0.3, -0.25) is 9.35 Å². The van der Waals surface area contributed by atoms with Gasteiger partial charge in [0.1, 0.15) is 11.0 Å². The first-order valence-corrected chi connectivity index (χ1v) is 4.59. The molecule has 0 bridgehead atoms. The quantitative estimate of drug-likeness (QED) is 0.398. The zero-order chi connectivity index (χ0) is 9.94. The fraction of sp³-hybridized carbons (Fsp3) is 0.500. The SMILES string of the molecule is C=C(OC(C)=O)C(C)S(=O)(=O)O. The van der Waals surface area contributed by atoms with Crippen molar-refractivity contribution in [3.8, 4) is 0 Å². The van der Waals surface area contributed by atoms with Crippen molar-refractivity contribution in [2.75, 3.05) is 0 Å². The summed E-state index contributed by atoms with van der Waals surface area (Å²) in [6.07, 6.45) is 0. The average Bonchev–Trinajstić information content (AvgIpc) is 1.82. The molecule has 1 atom stereocenters. The Labute approximate surface area is 70.8 Å². The first-order chi connectivity index (χ1) is 5.25. The lowest BCUT2D eigenvalue weighted by molar-refractivity contribution is -0.136. The number of hydrogen-bond acceptors (Lipinski definition) is 4. The van der Waals surface area contributed by atoms with Crippen LogP contribution in [0.25, 0.3) is 0 Å². The summed E-state index contributed by atoms with van der Waals surface area (Å²) in [6.45, 7) is 5.46. The maximum Gasteiger partial charge on any atom is 0.307 e. The molecule has 0 aliphatic heterocycles. The highest BCUT2D eigenvalue weighted by atomic mass is 32.2. The van der Waals surface area contributed by atoms with E-state index in [1.54, 1.807) is 0 Å². The molecule has 0 saturated heterocycles. The molecule has 0 rings (SSSR count). The Morgan fingerprint density at radius 1 is 1.58 bits per heavy atom. The molecule has 0 fully saturated rings. The predicted octanol–water partition coefficient (Wildman–Crippen LogP) is 0.339. The molecule has 0 radical (unpaired) electrons. The Morgan fingerprint density at radius 3 is 2.25 bits per heavy atom. The van der Waals surface area contributed by atoms with Crippen molar-refractivity contribution in [1.82, 2.24) is 0 Å². The third kappa shape index (κ3) is 3.49. The maximum atomic E-state index is 10.5. The van der Waals surface area contributed by atoms with Crippen LogP contribution in [0.4, 0.5) is 0 Å². The van der Waals surface area contributed by atoms with Crippen molar-refractivity contribution in [1.29, 1.82) is 0 Å². The third-order valence-corrected chi connectivity index (χ3v) is 2.33. The van der Waals surface area contributed by atoms with Gasteiger partial charge in [0.05, 0.1) is 0 Å². The van der Waals surface area contributed by atoms with E-state index in [0.717, 1.165) is 6.92 Å². The van der Waals surface area contributed by atoms with Gasteiger partial charge in [0.15, 0.2) is 0 Å². The number of rotatable bonds is 3. The number of carbonyl (C=O) groups is 1. The zero-order valence-corrected chi connectivity index (χ0v) is 7.59. The minimum Gasteiger partial charge on any atom is -0.430 e. The molecule has 0 aromatic heterocycles. The van der Waals surface area contributed by atoms with Gasteiger partial charge >= 0.3 is 5.97 Å². The van der Waals surface area contributed by atoms with Crippen LogP contribution in [0.5, 0.6) is 0 Å². The normalized spacial score (nSPS) is 13.6. The molecular weight excluding hydrogens is 184 g/mol. The van der Waals surface area contributed by atoms with E-state index in [1.165, 1.54) is 6.92 Å². The van der Waals surface area contributed by atoms with Crippen LogP contribution in [0.15, 0.2) is 12.3 Å². The van der Waals surface area contributed by atoms with Crippen molar-refractivity contribution in [3.63, 3.8) is 0 Å². The Balaban J connectivity index is 4.42. The smallest absolute Gasteiger partial charge is 0.307 e. The van der Waals surface area contributed by atoms with E-state index in [-0.39, 0.29) is 5.76 Å². The van der Waals surface area contributed by atoms with Gasteiger partial charge in [0, 0.05) is 6.92 Å². The molecule has 1 unspecified atom stereocenters. The standard InChI is InChI=1S/C6H10O5S/c1-4(11-6(3)7)5(2)12(8,9)10/h5H,1H2,2-3H3,(H,8,9,10). The van der Waals surface area contributed by atoms with Crippen molar-refractivity contribution in [2.24, 2.45) is 0 Å². The van der Waals surface area contributed by atoms with Crippen LogP contribution in [-0.2, 0) is 19.6 Å². The Hall–Kier alpha value is -0.880. The van der Waals surface area contributed by atoms with E-state index in [2.05, 4.69) is 11.3 Å². The minimum absolute atomic E-state index is 0.287. The van der Waals surface area contributed by atoms with Crippen LogP contribution in [-0.4, -0.2) is 24.2 Å². The Bertz CT molecular complexity index is 289. The van der Waals surface area contributed by atoms with Crippen LogP contribution in [0.2, 0.25) is 0 Å². The second kappa shape index (κ2) is 3.68. The van der Waals surface area contributed by atoms with Gasteiger partial charge in [-0.15, -0.1) is 0 Å². The fourth-order valence-electron chi connectivity index (χ4n) is 0.434. The fourth-order valence-corrected chi connectivity index (χ4v) is 0.814. The molecule has 0 aliphatic carbocycles. The van der Waals surface area contributed by atoms with Gasteiger partial charge in [-0.2, -0.15) is 8.42 Å². The van der Waals surface area contributed by atoms with E-state index in [4.69, 9.17) is 4.55 Å². The number of hydrogen-bond donors (Lipinski definition) is 1. The summed E-state index contributed by atoms with van der Waals surface area (Å²) in [4.78, 5) is 10.3. The minimum atomic E-state index is -4.22. The second-order valence-corrected chi connectivity index (χ2v) is 3.95. The van der Waals surface area contributed by atoms with E-state index in [1.807, 2.05) is 0 Å². The van der Waals surface area contributed by atoms with E-state index >= 15 is 0 Å². The zero-order valence-electron chi connectivity index (χ0n) is 6.77. The molecule has 5 nitrogen and oxygen atoms in total. The van der Waals surface area contributed by atoms with Gasteiger partial charge in [0.25, 0.3) is 10.1 Å². The van der Waals surface area contributed by atoms with E-state index < -0.39 is 21.3 Å². The maximum absolute atomic E-state index is 10.5. The molecule has 0 aromatic rings. The third-order valence-electron chi connectivity index (χ3n) is 1.18. The molecule has 0 saturated carbocycles. The molecule has 1 N–H and O–H groups in total. The molecule has 0 aliphatic rings. The number of carbonyl (C=O) groups excluding carboxylic acids is 1. The van der Waals surface area contributed by atoms with Crippen molar-refractivity contribution in [3.05, 3.63) is 12.3 Å². The molecule has 0 amide bonds. The molecule has 0 aromatic carbocycles. The van der Waals surface area contributed by atoms with Gasteiger partial charge < -0.3 is 4.74 Å². The van der Waals surface area contributed by atoms with Crippen LogP contribution in [0, 0.1) is 0 Å². The van der Waals surface area contributed by atoms with Gasteiger partial charge in [0.2, 0.25) is 0 Å². The Kier molecular flexibility index (Phi) is 3.41. The monoisotopic (exact) mass is 194 g/mol.